The number of ketones is 1. The fourth-order valence-corrected chi connectivity index (χ4v) is 2.54. The molecule has 1 atom stereocenters. The molecule has 3 N–H and O–H groups in total. The maximum Gasteiger partial charge on any atom is 0.287 e. The molecule has 27 heavy (non-hydrogen) atoms. The molecule has 0 fully saturated rings. The third-order valence-corrected chi connectivity index (χ3v) is 3.82. The molecule has 0 spiro atoms. The highest BCUT2D eigenvalue weighted by molar-refractivity contribution is 6.38. The molecule has 0 aliphatic heterocycles. The van der Waals surface area contributed by atoms with Crippen LogP contribution in [0.15, 0.2) is 47.4 Å². The minimum absolute atomic E-state index is 0.0410. The summed E-state index contributed by atoms with van der Waals surface area (Å²) < 4.78 is 6.25. The van der Waals surface area contributed by atoms with Crippen molar-refractivity contribution in [2.45, 2.75) is 19.4 Å². The van der Waals surface area contributed by atoms with Crippen molar-refractivity contribution in [2.24, 2.45) is 5.73 Å². The number of Topliss-reactive ketones (excluding diaryl/α,β-unsaturated/α-hetero) is 1. The summed E-state index contributed by atoms with van der Waals surface area (Å²) in [6.07, 6.45) is 4.23. The smallest absolute Gasteiger partial charge is 0.287 e. The van der Waals surface area contributed by atoms with E-state index < -0.39 is 23.6 Å². The SMILES string of the molecule is Cc1ncc(C(=O)NC(Cc2ccon2)C(=O)C(N)=O)n1-c1ccccn1. The van der Waals surface area contributed by atoms with Crippen LogP contribution in [-0.2, 0) is 16.0 Å². The van der Waals surface area contributed by atoms with E-state index in [1.807, 2.05) is 0 Å². The van der Waals surface area contributed by atoms with Gasteiger partial charge in [0.05, 0.1) is 11.9 Å². The first-order chi connectivity index (χ1) is 13.0. The lowest BCUT2D eigenvalue weighted by molar-refractivity contribution is -0.137. The fraction of sp³-hybridized carbons (Fsp3) is 0.176. The molecule has 0 radical (unpaired) electrons. The Morgan fingerprint density at radius 2 is 2.07 bits per heavy atom. The van der Waals surface area contributed by atoms with Crippen LogP contribution in [0.1, 0.15) is 22.0 Å². The van der Waals surface area contributed by atoms with Crippen LogP contribution in [0.25, 0.3) is 5.82 Å². The van der Waals surface area contributed by atoms with Gasteiger partial charge in [0.15, 0.2) is 0 Å². The van der Waals surface area contributed by atoms with Crippen molar-refractivity contribution in [1.29, 1.82) is 0 Å². The minimum atomic E-state index is -1.19. The quantitative estimate of drug-likeness (QED) is 0.556. The van der Waals surface area contributed by atoms with Gasteiger partial charge in [0.2, 0.25) is 5.78 Å². The van der Waals surface area contributed by atoms with Gasteiger partial charge in [0, 0.05) is 18.7 Å². The number of aromatic nitrogens is 4. The molecule has 0 bridgehead atoms. The van der Waals surface area contributed by atoms with Gasteiger partial charge >= 0.3 is 0 Å². The van der Waals surface area contributed by atoms with E-state index in [4.69, 9.17) is 10.3 Å². The molecule has 3 heterocycles. The number of aryl methyl sites for hydroxylation is 1. The second kappa shape index (κ2) is 7.60. The maximum atomic E-state index is 12.8. The molecular weight excluding hydrogens is 352 g/mol. The van der Waals surface area contributed by atoms with Gasteiger partial charge < -0.3 is 15.6 Å². The summed E-state index contributed by atoms with van der Waals surface area (Å²) >= 11 is 0. The highest BCUT2D eigenvalue weighted by Gasteiger charge is 2.28. The van der Waals surface area contributed by atoms with Crippen LogP contribution in [0.4, 0.5) is 0 Å². The minimum Gasteiger partial charge on any atom is -0.365 e. The summed E-state index contributed by atoms with van der Waals surface area (Å²) in [6, 6.07) is 5.57. The molecule has 10 nitrogen and oxygen atoms in total. The van der Waals surface area contributed by atoms with Gasteiger partial charge in [-0.3, -0.25) is 19.0 Å². The lowest BCUT2D eigenvalue weighted by atomic mass is 10.1. The Hall–Kier alpha value is -3.82. The van der Waals surface area contributed by atoms with Crippen LogP contribution >= 0.6 is 0 Å². The number of pyridine rings is 1. The number of imidazole rings is 1. The molecule has 3 rings (SSSR count). The van der Waals surface area contributed by atoms with Crippen molar-refractivity contribution in [3.8, 4) is 5.82 Å². The maximum absolute atomic E-state index is 12.8. The van der Waals surface area contributed by atoms with Gasteiger partial charge in [-0.15, -0.1) is 0 Å². The summed E-state index contributed by atoms with van der Waals surface area (Å²) in [5, 5.41) is 6.21. The number of amides is 2. The van der Waals surface area contributed by atoms with Crippen molar-refractivity contribution < 1.29 is 18.9 Å². The summed E-state index contributed by atoms with van der Waals surface area (Å²) in [7, 11) is 0. The Kier molecular flexibility index (Phi) is 5.06. The topological polar surface area (TPSA) is 146 Å². The zero-order chi connectivity index (χ0) is 19.4. The number of rotatable bonds is 7. The van der Waals surface area contributed by atoms with Gasteiger partial charge in [-0.1, -0.05) is 11.2 Å². The number of hydrogen-bond donors (Lipinski definition) is 2. The average Bonchev–Trinajstić information content (AvgIpc) is 3.30. The van der Waals surface area contributed by atoms with Gasteiger partial charge in [-0.25, -0.2) is 9.97 Å². The standard InChI is InChI=1S/C17H16N6O4/c1-10-20-9-13(23(10)14-4-2-3-6-19-14)17(26)21-12(15(24)16(18)25)8-11-5-7-27-22-11/h2-7,9,12H,8H2,1H3,(H2,18,25)(H,21,26). The summed E-state index contributed by atoms with van der Waals surface area (Å²) in [4.78, 5) is 44.6. The molecular formula is C17H16N6O4. The first-order valence-electron chi connectivity index (χ1n) is 7.97. The fourth-order valence-electron chi connectivity index (χ4n) is 2.54. The normalized spacial score (nSPS) is 11.7. The number of hydrogen-bond acceptors (Lipinski definition) is 7. The second-order valence-corrected chi connectivity index (χ2v) is 5.66. The second-order valence-electron chi connectivity index (χ2n) is 5.66. The third-order valence-electron chi connectivity index (χ3n) is 3.82. The van der Waals surface area contributed by atoms with E-state index in [2.05, 4.69) is 20.4 Å². The summed E-state index contributed by atoms with van der Waals surface area (Å²) in [5.41, 5.74) is 5.65. The molecule has 3 aromatic heterocycles. The number of primary amides is 1. The van der Waals surface area contributed by atoms with Crippen LogP contribution in [0, 0.1) is 6.92 Å². The van der Waals surface area contributed by atoms with Gasteiger partial charge in [0.1, 0.15) is 29.6 Å². The van der Waals surface area contributed by atoms with E-state index in [9.17, 15) is 14.4 Å². The molecule has 3 aromatic rings. The van der Waals surface area contributed by atoms with Crippen LogP contribution in [0.2, 0.25) is 0 Å². The predicted molar refractivity (Wildman–Crippen MR) is 91.8 cm³/mol. The van der Waals surface area contributed by atoms with E-state index in [0.29, 0.717) is 17.3 Å². The largest absolute Gasteiger partial charge is 0.365 e. The Labute approximate surface area is 153 Å². The van der Waals surface area contributed by atoms with Crippen molar-refractivity contribution >= 4 is 17.6 Å². The molecule has 10 heteroatoms. The number of nitrogens with zero attached hydrogens (tertiary/aromatic N) is 4. The molecule has 138 valence electrons. The zero-order valence-corrected chi connectivity index (χ0v) is 14.3. The first-order valence-corrected chi connectivity index (χ1v) is 7.97. The average molecular weight is 368 g/mol. The Morgan fingerprint density at radius 1 is 1.26 bits per heavy atom. The lowest BCUT2D eigenvalue weighted by Gasteiger charge is -2.16. The van der Waals surface area contributed by atoms with E-state index in [-0.39, 0.29) is 12.1 Å². The third kappa shape index (κ3) is 3.89. The van der Waals surface area contributed by atoms with E-state index >= 15 is 0 Å². The molecule has 0 aromatic carbocycles. The predicted octanol–water partition coefficient (Wildman–Crippen LogP) is -0.0408. The Bertz CT molecular complexity index is 965. The van der Waals surface area contributed by atoms with Crippen molar-refractivity contribution in [3.63, 3.8) is 0 Å². The van der Waals surface area contributed by atoms with Gasteiger partial charge in [0.25, 0.3) is 11.8 Å². The van der Waals surface area contributed by atoms with Crippen molar-refractivity contribution in [1.82, 2.24) is 25.0 Å². The number of nitrogens with one attached hydrogen (secondary N) is 1. The molecule has 0 aliphatic carbocycles. The summed E-state index contributed by atoms with van der Waals surface area (Å²) in [5.74, 6) is -1.67. The van der Waals surface area contributed by atoms with Crippen molar-refractivity contribution in [2.75, 3.05) is 0 Å². The number of carbonyl (C=O) groups is 3. The molecule has 0 saturated carbocycles. The van der Waals surface area contributed by atoms with Crippen LogP contribution in [0.3, 0.4) is 0 Å². The Balaban J connectivity index is 1.88. The van der Waals surface area contributed by atoms with E-state index in [1.54, 1.807) is 31.3 Å². The van der Waals surface area contributed by atoms with E-state index in [0.717, 1.165) is 0 Å². The van der Waals surface area contributed by atoms with E-state index in [1.165, 1.54) is 23.1 Å². The van der Waals surface area contributed by atoms with Gasteiger partial charge in [-0.2, -0.15) is 0 Å². The van der Waals surface area contributed by atoms with Crippen LogP contribution in [0.5, 0.6) is 0 Å². The molecule has 2 amide bonds. The molecule has 0 saturated heterocycles. The first kappa shape index (κ1) is 18.0. The highest BCUT2D eigenvalue weighted by Crippen LogP contribution is 2.13. The lowest BCUT2D eigenvalue weighted by Crippen LogP contribution is -2.47. The zero-order valence-electron chi connectivity index (χ0n) is 14.3. The van der Waals surface area contributed by atoms with Crippen LogP contribution in [-0.4, -0.2) is 43.3 Å². The monoisotopic (exact) mass is 368 g/mol. The molecule has 0 aliphatic rings. The van der Waals surface area contributed by atoms with Crippen molar-refractivity contribution in [3.05, 3.63) is 60.1 Å². The highest BCUT2D eigenvalue weighted by atomic mass is 16.5. The molecule has 1 unspecified atom stereocenters. The van der Waals surface area contributed by atoms with Crippen LogP contribution < -0.4 is 11.1 Å². The van der Waals surface area contributed by atoms with Gasteiger partial charge in [-0.05, 0) is 19.1 Å². The number of nitrogens with two attached hydrogens (primary N) is 1. The number of carbonyl (C=O) groups excluding carboxylic acids is 3. The summed E-state index contributed by atoms with van der Waals surface area (Å²) in [6.45, 7) is 1.72. The Morgan fingerprint density at radius 3 is 2.70 bits per heavy atom.